The van der Waals surface area contributed by atoms with Gasteiger partial charge in [0.2, 0.25) is 0 Å². The van der Waals surface area contributed by atoms with Gasteiger partial charge in [-0.3, -0.25) is 4.90 Å². The molecule has 112 valence electrons. The van der Waals surface area contributed by atoms with E-state index in [1.807, 2.05) is 19.2 Å². The van der Waals surface area contributed by atoms with Gasteiger partial charge in [0.25, 0.3) is 0 Å². The van der Waals surface area contributed by atoms with Gasteiger partial charge in [-0.05, 0) is 43.3 Å². The molecule has 2 N–H and O–H groups in total. The van der Waals surface area contributed by atoms with E-state index in [9.17, 15) is 4.39 Å². The zero-order valence-corrected chi connectivity index (χ0v) is 13.9. The number of halogens is 2. The van der Waals surface area contributed by atoms with E-state index < -0.39 is 0 Å². The molecule has 0 aliphatic heterocycles. The molecule has 2 aromatic carbocycles. The summed E-state index contributed by atoms with van der Waals surface area (Å²) in [4.78, 5) is 2.09. The summed E-state index contributed by atoms with van der Waals surface area (Å²) in [7, 11) is 1.98. The lowest BCUT2D eigenvalue weighted by molar-refractivity contribution is 0.236. The molecule has 0 saturated heterocycles. The smallest absolute Gasteiger partial charge is 0.128 e. The minimum absolute atomic E-state index is 0.151. The number of benzene rings is 2. The largest absolute Gasteiger partial charge is 0.329 e. The van der Waals surface area contributed by atoms with Crippen LogP contribution in [0.4, 0.5) is 4.39 Å². The van der Waals surface area contributed by atoms with Crippen LogP contribution in [0.2, 0.25) is 0 Å². The van der Waals surface area contributed by atoms with E-state index in [1.54, 1.807) is 12.1 Å². The lowest BCUT2D eigenvalue weighted by Gasteiger charge is -2.28. The predicted molar refractivity (Wildman–Crippen MR) is 88.5 cm³/mol. The highest BCUT2D eigenvalue weighted by molar-refractivity contribution is 9.10. The molecule has 0 aromatic heterocycles. The number of nitrogens with zero attached hydrogens (tertiary/aromatic N) is 1. The summed E-state index contributed by atoms with van der Waals surface area (Å²) in [6.07, 6.45) is 0. The van der Waals surface area contributed by atoms with Crippen LogP contribution in [0.25, 0.3) is 0 Å². The maximum Gasteiger partial charge on any atom is 0.128 e. The number of hydrogen-bond acceptors (Lipinski definition) is 2. The quantitative estimate of drug-likeness (QED) is 0.881. The van der Waals surface area contributed by atoms with E-state index in [0.717, 1.165) is 11.0 Å². The standard InChI is InChI=1S/C17H20BrFN2/c1-12-5-3-4-6-13(12)11-21(2)17(10-20)15-9-14(18)7-8-16(15)19/h3-9,17H,10-11,20H2,1-2H3. The SMILES string of the molecule is Cc1ccccc1CN(C)C(CN)c1cc(Br)ccc1F. The zero-order chi connectivity index (χ0) is 15.4. The fourth-order valence-electron chi connectivity index (χ4n) is 2.48. The van der Waals surface area contributed by atoms with E-state index in [0.29, 0.717) is 12.1 Å². The van der Waals surface area contributed by atoms with E-state index >= 15 is 0 Å². The molecule has 2 nitrogen and oxygen atoms in total. The molecule has 0 heterocycles. The number of rotatable bonds is 5. The topological polar surface area (TPSA) is 29.3 Å². The molecule has 1 unspecified atom stereocenters. The summed E-state index contributed by atoms with van der Waals surface area (Å²) in [5, 5.41) is 0. The Balaban J connectivity index is 2.25. The van der Waals surface area contributed by atoms with E-state index in [-0.39, 0.29) is 11.9 Å². The van der Waals surface area contributed by atoms with Crippen LogP contribution in [0.3, 0.4) is 0 Å². The Labute approximate surface area is 133 Å². The monoisotopic (exact) mass is 350 g/mol. The van der Waals surface area contributed by atoms with Crippen molar-refractivity contribution in [3.8, 4) is 0 Å². The Bertz CT molecular complexity index is 615. The minimum atomic E-state index is -0.217. The maximum atomic E-state index is 14.1. The number of likely N-dealkylation sites (N-methyl/N-ethyl adjacent to an activating group) is 1. The predicted octanol–water partition coefficient (Wildman–Crippen LogP) is 4.03. The molecule has 0 amide bonds. The van der Waals surface area contributed by atoms with Crippen LogP contribution in [0.1, 0.15) is 22.7 Å². The molecular formula is C17H20BrFN2. The third kappa shape index (κ3) is 3.90. The van der Waals surface area contributed by atoms with Gasteiger partial charge in [-0.1, -0.05) is 40.2 Å². The zero-order valence-electron chi connectivity index (χ0n) is 12.3. The van der Waals surface area contributed by atoms with Gasteiger partial charge in [0, 0.05) is 29.2 Å². The highest BCUT2D eigenvalue weighted by atomic mass is 79.9. The van der Waals surface area contributed by atoms with Crippen LogP contribution in [-0.2, 0) is 6.54 Å². The molecule has 2 rings (SSSR count). The van der Waals surface area contributed by atoms with Crippen LogP contribution in [-0.4, -0.2) is 18.5 Å². The Morgan fingerprint density at radius 1 is 1.24 bits per heavy atom. The van der Waals surface area contributed by atoms with Crippen molar-refractivity contribution in [1.29, 1.82) is 0 Å². The molecule has 2 aromatic rings. The van der Waals surface area contributed by atoms with Crippen molar-refractivity contribution in [2.75, 3.05) is 13.6 Å². The maximum absolute atomic E-state index is 14.1. The van der Waals surface area contributed by atoms with Gasteiger partial charge < -0.3 is 5.73 Å². The van der Waals surface area contributed by atoms with E-state index in [4.69, 9.17) is 5.73 Å². The second kappa shape index (κ2) is 7.16. The number of aryl methyl sites for hydroxylation is 1. The molecular weight excluding hydrogens is 331 g/mol. The van der Waals surface area contributed by atoms with Crippen LogP contribution < -0.4 is 5.73 Å². The first-order valence-corrected chi connectivity index (χ1v) is 7.72. The first-order chi connectivity index (χ1) is 10.0. The highest BCUT2D eigenvalue weighted by Gasteiger charge is 2.20. The van der Waals surface area contributed by atoms with Gasteiger partial charge in [-0.15, -0.1) is 0 Å². The molecule has 0 fully saturated rings. The Kier molecular flexibility index (Phi) is 5.51. The van der Waals surface area contributed by atoms with E-state index in [1.165, 1.54) is 17.2 Å². The van der Waals surface area contributed by atoms with Crippen LogP contribution in [0.5, 0.6) is 0 Å². The van der Waals surface area contributed by atoms with Gasteiger partial charge in [-0.25, -0.2) is 4.39 Å². The molecule has 0 bridgehead atoms. The molecule has 0 aliphatic carbocycles. The molecule has 0 spiro atoms. The number of hydrogen-bond donors (Lipinski definition) is 1. The lowest BCUT2D eigenvalue weighted by atomic mass is 10.0. The summed E-state index contributed by atoms with van der Waals surface area (Å²) in [6.45, 7) is 3.19. The van der Waals surface area contributed by atoms with Crippen LogP contribution in [0, 0.1) is 12.7 Å². The normalized spacial score (nSPS) is 12.7. The minimum Gasteiger partial charge on any atom is -0.329 e. The van der Waals surface area contributed by atoms with Crippen molar-refractivity contribution in [2.24, 2.45) is 5.73 Å². The van der Waals surface area contributed by atoms with Crippen molar-refractivity contribution >= 4 is 15.9 Å². The van der Waals surface area contributed by atoms with Crippen LogP contribution >= 0.6 is 15.9 Å². The Morgan fingerprint density at radius 2 is 1.95 bits per heavy atom. The van der Waals surface area contributed by atoms with Gasteiger partial charge in [0.1, 0.15) is 5.82 Å². The summed E-state index contributed by atoms with van der Waals surface area (Å²) in [5.74, 6) is -0.217. The Hall–Kier alpha value is -1.23. The fraction of sp³-hybridized carbons (Fsp3) is 0.294. The summed E-state index contributed by atoms with van der Waals surface area (Å²) in [6, 6.07) is 13.1. The number of nitrogens with two attached hydrogens (primary N) is 1. The van der Waals surface area contributed by atoms with Crippen molar-refractivity contribution in [2.45, 2.75) is 19.5 Å². The third-order valence-electron chi connectivity index (χ3n) is 3.75. The molecule has 1 atom stereocenters. The van der Waals surface area contributed by atoms with E-state index in [2.05, 4.69) is 39.9 Å². The highest BCUT2D eigenvalue weighted by Crippen LogP contribution is 2.26. The fourth-order valence-corrected chi connectivity index (χ4v) is 2.86. The van der Waals surface area contributed by atoms with Gasteiger partial charge in [0.15, 0.2) is 0 Å². The first-order valence-electron chi connectivity index (χ1n) is 6.92. The van der Waals surface area contributed by atoms with Gasteiger partial charge in [-0.2, -0.15) is 0 Å². The molecule has 4 heteroatoms. The molecule has 0 saturated carbocycles. The average molecular weight is 351 g/mol. The lowest BCUT2D eigenvalue weighted by Crippen LogP contribution is -2.31. The third-order valence-corrected chi connectivity index (χ3v) is 4.25. The summed E-state index contributed by atoms with van der Waals surface area (Å²) in [5.41, 5.74) is 8.98. The second-order valence-corrected chi connectivity index (χ2v) is 6.17. The van der Waals surface area contributed by atoms with Gasteiger partial charge >= 0.3 is 0 Å². The average Bonchev–Trinajstić information content (AvgIpc) is 2.46. The van der Waals surface area contributed by atoms with Crippen molar-refractivity contribution < 1.29 is 4.39 Å². The van der Waals surface area contributed by atoms with Gasteiger partial charge in [0.05, 0.1) is 0 Å². The van der Waals surface area contributed by atoms with Crippen LogP contribution in [0.15, 0.2) is 46.9 Å². The molecule has 0 aliphatic rings. The summed E-state index contributed by atoms with van der Waals surface area (Å²) >= 11 is 3.40. The first kappa shape index (κ1) is 16.1. The summed E-state index contributed by atoms with van der Waals surface area (Å²) < 4.78 is 14.9. The molecule has 0 radical (unpaired) electrons. The second-order valence-electron chi connectivity index (χ2n) is 5.26. The van der Waals surface area contributed by atoms with Crippen molar-refractivity contribution in [3.63, 3.8) is 0 Å². The van der Waals surface area contributed by atoms with Crippen molar-refractivity contribution in [1.82, 2.24) is 4.90 Å². The Morgan fingerprint density at radius 3 is 2.62 bits per heavy atom. The molecule has 21 heavy (non-hydrogen) atoms. The van der Waals surface area contributed by atoms with Crippen molar-refractivity contribution in [3.05, 3.63) is 69.4 Å².